The van der Waals surface area contributed by atoms with Gasteiger partial charge in [-0.1, -0.05) is 54.6 Å². The lowest BCUT2D eigenvalue weighted by molar-refractivity contribution is 0.0956. The second kappa shape index (κ2) is 8.16. The molecule has 5 heteroatoms. The van der Waals surface area contributed by atoms with E-state index in [2.05, 4.69) is 26.6 Å². The molecule has 0 radical (unpaired) electrons. The van der Waals surface area contributed by atoms with Crippen LogP contribution in [-0.4, -0.2) is 22.1 Å². The summed E-state index contributed by atoms with van der Waals surface area (Å²) in [6.07, 6.45) is 5.09. The summed E-state index contributed by atoms with van der Waals surface area (Å²) in [4.78, 5) is 21.8. The van der Waals surface area contributed by atoms with E-state index in [-0.39, 0.29) is 5.91 Å². The number of nitrogens with one attached hydrogen (secondary N) is 1. The van der Waals surface area contributed by atoms with Gasteiger partial charge in [0.15, 0.2) is 0 Å². The highest BCUT2D eigenvalue weighted by Crippen LogP contribution is 2.24. The average molecular weight is 402 g/mol. The van der Waals surface area contributed by atoms with Crippen LogP contribution >= 0.6 is 0 Å². The molecule has 0 spiro atoms. The molecule has 1 amide bonds. The number of para-hydroxylation sites is 1. The minimum Gasteiger partial charge on any atom is -0.267 e. The number of benzene rings is 3. The van der Waals surface area contributed by atoms with Gasteiger partial charge in [0.05, 0.1) is 23.0 Å². The predicted molar refractivity (Wildman–Crippen MR) is 124 cm³/mol. The second-order valence-corrected chi connectivity index (χ2v) is 7.12. The van der Waals surface area contributed by atoms with Gasteiger partial charge in [-0.2, -0.15) is 5.10 Å². The number of amides is 1. The van der Waals surface area contributed by atoms with Crippen molar-refractivity contribution in [1.29, 1.82) is 0 Å². The van der Waals surface area contributed by atoms with Gasteiger partial charge in [-0.3, -0.25) is 9.78 Å². The molecule has 2 aromatic heterocycles. The summed E-state index contributed by atoms with van der Waals surface area (Å²) in [5.41, 5.74) is 6.36. The van der Waals surface area contributed by atoms with Gasteiger partial charge in [-0.15, -0.1) is 0 Å². The van der Waals surface area contributed by atoms with Crippen molar-refractivity contribution >= 4 is 33.8 Å². The maximum Gasteiger partial charge on any atom is 0.272 e. The van der Waals surface area contributed by atoms with E-state index >= 15 is 0 Å². The van der Waals surface area contributed by atoms with Crippen molar-refractivity contribution in [3.63, 3.8) is 0 Å². The molecular formula is C26H18N4O. The molecular weight excluding hydrogens is 384 g/mol. The zero-order chi connectivity index (χ0) is 21.0. The Kier molecular flexibility index (Phi) is 4.91. The number of carbonyl (C=O) groups is 1. The van der Waals surface area contributed by atoms with E-state index in [1.807, 2.05) is 72.8 Å². The van der Waals surface area contributed by atoms with Gasteiger partial charge in [0.2, 0.25) is 0 Å². The number of hydrazone groups is 1. The first kappa shape index (κ1) is 18.6. The number of nitrogens with zero attached hydrogens (tertiary/aromatic N) is 3. The lowest BCUT2D eigenvalue weighted by Crippen LogP contribution is -2.18. The summed E-state index contributed by atoms with van der Waals surface area (Å²) < 4.78 is 0. The molecule has 0 atom stereocenters. The largest absolute Gasteiger partial charge is 0.272 e. The molecule has 0 aliphatic heterocycles. The number of carbonyl (C=O) groups excluding carboxylic acids is 1. The van der Waals surface area contributed by atoms with Crippen LogP contribution < -0.4 is 5.43 Å². The summed E-state index contributed by atoms with van der Waals surface area (Å²) in [6, 6.07) is 27.3. The minimum absolute atomic E-state index is 0.291. The molecule has 1 N–H and O–H groups in total. The van der Waals surface area contributed by atoms with Crippen LogP contribution in [0.4, 0.5) is 0 Å². The number of rotatable bonds is 4. The minimum atomic E-state index is -0.291. The SMILES string of the molecule is O=C(N/N=C\c1ccc2ccccc2c1)c1cc(-c2cccnc2)nc2ccccc12. The fourth-order valence-corrected chi connectivity index (χ4v) is 3.54. The highest BCUT2D eigenvalue weighted by Gasteiger charge is 2.13. The van der Waals surface area contributed by atoms with Crippen molar-refractivity contribution in [3.05, 3.63) is 108 Å². The molecule has 5 aromatic rings. The van der Waals surface area contributed by atoms with E-state index in [4.69, 9.17) is 0 Å². The van der Waals surface area contributed by atoms with Gasteiger partial charge in [0, 0.05) is 23.3 Å². The van der Waals surface area contributed by atoms with Gasteiger partial charge >= 0.3 is 0 Å². The Labute approximate surface area is 179 Å². The van der Waals surface area contributed by atoms with Gasteiger partial charge in [0.25, 0.3) is 5.91 Å². The Morgan fingerprint density at radius 2 is 1.71 bits per heavy atom. The lowest BCUT2D eigenvalue weighted by atomic mass is 10.0. The van der Waals surface area contributed by atoms with Crippen molar-refractivity contribution in [1.82, 2.24) is 15.4 Å². The van der Waals surface area contributed by atoms with E-state index in [1.165, 1.54) is 0 Å². The van der Waals surface area contributed by atoms with Crippen molar-refractivity contribution in [2.24, 2.45) is 5.10 Å². The first-order valence-electron chi connectivity index (χ1n) is 9.90. The van der Waals surface area contributed by atoms with Crippen molar-refractivity contribution < 1.29 is 4.79 Å². The summed E-state index contributed by atoms with van der Waals surface area (Å²) in [6.45, 7) is 0. The third-order valence-electron chi connectivity index (χ3n) is 5.07. The Bertz CT molecular complexity index is 1430. The van der Waals surface area contributed by atoms with Crippen LogP contribution in [0.2, 0.25) is 0 Å². The molecule has 5 nitrogen and oxygen atoms in total. The fourth-order valence-electron chi connectivity index (χ4n) is 3.54. The van der Waals surface area contributed by atoms with Crippen molar-refractivity contribution in [2.75, 3.05) is 0 Å². The Balaban J connectivity index is 1.45. The van der Waals surface area contributed by atoms with Crippen LogP contribution in [0, 0.1) is 0 Å². The first-order chi connectivity index (χ1) is 15.3. The van der Waals surface area contributed by atoms with Gasteiger partial charge < -0.3 is 0 Å². The lowest BCUT2D eigenvalue weighted by Gasteiger charge is -2.08. The Hall–Kier alpha value is -4.38. The predicted octanol–water partition coefficient (Wildman–Crippen LogP) is 5.21. The van der Waals surface area contributed by atoms with Crippen molar-refractivity contribution in [3.8, 4) is 11.3 Å². The van der Waals surface area contributed by atoms with Crippen LogP contribution in [0.3, 0.4) is 0 Å². The van der Waals surface area contributed by atoms with Crippen LogP contribution in [0.1, 0.15) is 15.9 Å². The quantitative estimate of drug-likeness (QED) is 0.331. The maximum absolute atomic E-state index is 13.0. The molecule has 0 saturated heterocycles. The first-order valence-corrected chi connectivity index (χ1v) is 9.90. The molecule has 2 heterocycles. The van der Waals surface area contributed by atoms with Gasteiger partial charge in [-0.05, 0) is 46.7 Å². The molecule has 0 saturated carbocycles. The van der Waals surface area contributed by atoms with E-state index in [9.17, 15) is 4.79 Å². The maximum atomic E-state index is 13.0. The Morgan fingerprint density at radius 3 is 2.58 bits per heavy atom. The molecule has 148 valence electrons. The zero-order valence-electron chi connectivity index (χ0n) is 16.6. The molecule has 0 fully saturated rings. The van der Waals surface area contributed by atoms with Crippen molar-refractivity contribution in [2.45, 2.75) is 0 Å². The third-order valence-corrected chi connectivity index (χ3v) is 5.07. The van der Waals surface area contributed by atoms with E-state index in [0.29, 0.717) is 11.3 Å². The van der Waals surface area contributed by atoms with Gasteiger partial charge in [-0.25, -0.2) is 10.4 Å². The second-order valence-electron chi connectivity index (χ2n) is 7.12. The normalized spacial score (nSPS) is 11.2. The van der Waals surface area contributed by atoms with Crippen LogP contribution in [0.15, 0.2) is 102 Å². The third kappa shape index (κ3) is 3.89. The van der Waals surface area contributed by atoms with Crippen LogP contribution in [0.5, 0.6) is 0 Å². The highest BCUT2D eigenvalue weighted by atomic mass is 16.2. The molecule has 31 heavy (non-hydrogen) atoms. The number of hydrogen-bond acceptors (Lipinski definition) is 4. The fraction of sp³-hybridized carbons (Fsp3) is 0. The monoisotopic (exact) mass is 402 g/mol. The number of hydrogen-bond donors (Lipinski definition) is 1. The summed E-state index contributed by atoms with van der Waals surface area (Å²) >= 11 is 0. The average Bonchev–Trinajstić information content (AvgIpc) is 2.83. The number of pyridine rings is 2. The topological polar surface area (TPSA) is 67.2 Å². The van der Waals surface area contributed by atoms with Gasteiger partial charge in [0.1, 0.15) is 0 Å². The number of aromatic nitrogens is 2. The zero-order valence-corrected chi connectivity index (χ0v) is 16.6. The van der Waals surface area contributed by atoms with E-state index in [1.54, 1.807) is 24.7 Å². The number of fused-ring (bicyclic) bond motifs is 2. The Morgan fingerprint density at radius 1 is 0.871 bits per heavy atom. The molecule has 3 aromatic carbocycles. The molecule has 0 unspecified atom stereocenters. The summed E-state index contributed by atoms with van der Waals surface area (Å²) in [5, 5.41) is 7.23. The smallest absolute Gasteiger partial charge is 0.267 e. The molecule has 0 aliphatic rings. The van der Waals surface area contributed by atoms with E-state index < -0.39 is 0 Å². The van der Waals surface area contributed by atoms with Crippen LogP contribution in [-0.2, 0) is 0 Å². The van der Waals surface area contributed by atoms with E-state index in [0.717, 1.165) is 32.8 Å². The molecule has 5 rings (SSSR count). The summed E-state index contributed by atoms with van der Waals surface area (Å²) in [5.74, 6) is -0.291. The summed E-state index contributed by atoms with van der Waals surface area (Å²) in [7, 11) is 0. The highest BCUT2D eigenvalue weighted by molar-refractivity contribution is 6.07. The molecule has 0 bridgehead atoms. The van der Waals surface area contributed by atoms with Crippen LogP contribution in [0.25, 0.3) is 32.9 Å². The molecule has 0 aliphatic carbocycles. The standard InChI is InChI=1S/C26H18N4O/c31-26(30-28-16-18-11-12-19-6-1-2-7-20(19)14-18)23-15-25(21-8-5-13-27-17-21)29-24-10-4-3-9-22(23)24/h1-17H,(H,30,31)/b28-16-.